The van der Waals surface area contributed by atoms with Crippen molar-refractivity contribution in [3.63, 3.8) is 0 Å². The monoisotopic (exact) mass is 157 g/mol. The van der Waals surface area contributed by atoms with Crippen LogP contribution in [0.5, 0.6) is 0 Å². The molecule has 0 aromatic heterocycles. The van der Waals surface area contributed by atoms with Crippen LogP contribution in [0.3, 0.4) is 0 Å². The standard InChI is InChI=1S/C8H15NO2/c1-6(2)7-4-5-11-8(10)9(7)3/h6-7H,4-5H2,1-3H3. The molecule has 3 heteroatoms. The first-order valence-corrected chi connectivity index (χ1v) is 4.02. The van der Waals surface area contributed by atoms with E-state index in [0.29, 0.717) is 18.6 Å². The second-order valence-corrected chi connectivity index (χ2v) is 3.33. The lowest BCUT2D eigenvalue weighted by Gasteiger charge is -2.34. The van der Waals surface area contributed by atoms with Crippen LogP contribution in [0.2, 0.25) is 0 Å². The third-order valence-corrected chi connectivity index (χ3v) is 2.19. The zero-order valence-corrected chi connectivity index (χ0v) is 7.33. The number of hydrogen-bond acceptors (Lipinski definition) is 2. The first-order valence-electron chi connectivity index (χ1n) is 4.02. The molecule has 1 aliphatic heterocycles. The Hall–Kier alpha value is -0.730. The number of cyclic esters (lactones) is 1. The average Bonchev–Trinajstić information content (AvgIpc) is 1.94. The SMILES string of the molecule is CC(C)C1CCOC(=O)N1C. The van der Waals surface area contributed by atoms with Gasteiger partial charge in [0.25, 0.3) is 0 Å². The summed E-state index contributed by atoms with van der Waals surface area (Å²) in [6.07, 6.45) is 0.773. The van der Waals surface area contributed by atoms with E-state index in [-0.39, 0.29) is 6.09 Å². The van der Waals surface area contributed by atoms with Crippen LogP contribution in [0.15, 0.2) is 0 Å². The lowest BCUT2D eigenvalue weighted by molar-refractivity contribution is 0.0430. The highest BCUT2D eigenvalue weighted by Gasteiger charge is 2.27. The predicted molar refractivity (Wildman–Crippen MR) is 42.4 cm³/mol. The van der Waals surface area contributed by atoms with Gasteiger partial charge >= 0.3 is 6.09 Å². The second-order valence-electron chi connectivity index (χ2n) is 3.33. The maximum absolute atomic E-state index is 11.0. The number of carbonyl (C=O) groups is 1. The molecule has 0 aromatic carbocycles. The molecule has 1 rings (SSSR count). The molecule has 1 atom stereocenters. The van der Waals surface area contributed by atoms with Crippen molar-refractivity contribution < 1.29 is 9.53 Å². The third-order valence-electron chi connectivity index (χ3n) is 2.19. The lowest BCUT2D eigenvalue weighted by Crippen LogP contribution is -2.45. The van der Waals surface area contributed by atoms with E-state index in [1.165, 1.54) is 0 Å². The molecule has 0 bridgehead atoms. The molecule has 0 saturated carbocycles. The van der Waals surface area contributed by atoms with Gasteiger partial charge in [0.05, 0.1) is 6.61 Å². The van der Waals surface area contributed by atoms with Crippen molar-refractivity contribution in [2.75, 3.05) is 13.7 Å². The van der Waals surface area contributed by atoms with E-state index in [9.17, 15) is 4.79 Å². The minimum Gasteiger partial charge on any atom is -0.449 e. The van der Waals surface area contributed by atoms with Crippen LogP contribution in [0, 0.1) is 5.92 Å². The fraction of sp³-hybridized carbons (Fsp3) is 0.875. The van der Waals surface area contributed by atoms with Gasteiger partial charge in [-0.2, -0.15) is 0 Å². The van der Waals surface area contributed by atoms with Crippen LogP contribution in [-0.2, 0) is 4.74 Å². The van der Waals surface area contributed by atoms with Gasteiger partial charge in [0, 0.05) is 19.5 Å². The number of ether oxygens (including phenoxy) is 1. The Bertz CT molecular complexity index is 156. The summed E-state index contributed by atoms with van der Waals surface area (Å²) in [5, 5.41) is 0. The minimum absolute atomic E-state index is 0.185. The van der Waals surface area contributed by atoms with Gasteiger partial charge in [0.15, 0.2) is 0 Å². The minimum atomic E-state index is -0.185. The van der Waals surface area contributed by atoms with Gasteiger partial charge in [-0.1, -0.05) is 13.8 Å². The first-order chi connectivity index (χ1) is 5.13. The number of amides is 1. The topological polar surface area (TPSA) is 29.5 Å². The zero-order chi connectivity index (χ0) is 8.43. The van der Waals surface area contributed by atoms with Gasteiger partial charge in [-0.3, -0.25) is 0 Å². The van der Waals surface area contributed by atoms with E-state index in [1.54, 1.807) is 11.9 Å². The van der Waals surface area contributed by atoms with Crippen molar-refractivity contribution in [1.29, 1.82) is 0 Å². The molecular formula is C8H15NO2. The van der Waals surface area contributed by atoms with Gasteiger partial charge < -0.3 is 9.64 Å². The highest BCUT2D eigenvalue weighted by Crippen LogP contribution is 2.17. The molecule has 1 amide bonds. The molecule has 1 saturated heterocycles. The van der Waals surface area contributed by atoms with E-state index >= 15 is 0 Å². The quantitative estimate of drug-likeness (QED) is 0.577. The maximum Gasteiger partial charge on any atom is 0.409 e. The molecule has 1 heterocycles. The van der Waals surface area contributed by atoms with Gasteiger partial charge in [-0.25, -0.2) is 4.79 Å². The van der Waals surface area contributed by atoms with Crippen LogP contribution in [0.25, 0.3) is 0 Å². The van der Waals surface area contributed by atoms with Crippen molar-refractivity contribution in [3.05, 3.63) is 0 Å². The Balaban J connectivity index is 2.58. The second kappa shape index (κ2) is 3.11. The number of hydrogen-bond donors (Lipinski definition) is 0. The van der Waals surface area contributed by atoms with E-state index in [4.69, 9.17) is 4.74 Å². The summed E-state index contributed by atoms with van der Waals surface area (Å²) in [5.74, 6) is 0.521. The molecule has 1 unspecified atom stereocenters. The van der Waals surface area contributed by atoms with Gasteiger partial charge in [0.2, 0.25) is 0 Å². The fourth-order valence-corrected chi connectivity index (χ4v) is 1.48. The van der Waals surface area contributed by atoms with Crippen molar-refractivity contribution in [2.45, 2.75) is 26.3 Å². The van der Waals surface area contributed by atoms with Gasteiger partial charge in [-0.05, 0) is 5.92 Å². The molecule has 11 heavy (non-hydrogen) atoms. The van der Waals surface area contributed by atoms with E-state index < -0.39 is 0 Å². The van der Waals surface area contributed by atoms with E-state index in [2.05, 4.69) is 13.8 Å². The molecule has 3 nitrogen and oxygen atoms in total. The first kappa shape index (κ1) is 8.37. The van der Waals surface area contributed by atoms with Crippen LogP contribution >= 0.6 is 0 Å². The molecule has 1 aliphatic rings. The molecule has 0 N–H and O–H groups in total. The van der Waals surface area contributed by atoms with Gasteiger partial charge in [0.1, 0.15) is 0 Å². The number of nitrogens with zero attached hydrogens (tertiary/aromatic N) is 1. The largest absolute Gasteiger partial charge is 0.449 e. The lowest BCUT2D eigenvalue weighted by atomic mass is 9.99. The van der Waals surface area contributed by atoms with E-state index in [1.807, 2.05) is 0 Å². The van der Waals surface area contributed by atoms with Crippen LogP contribution in [0.1, 0.15) is 20.3 Å². The molecule has 1 fully saturated rings. The number of carbonyl (C=O) groups excluding carboxylic acids is 1. The smallest absolute Gasteiger partial charge is 0.409 e. The average molecular weight is 157 g/mol. The molecular weight excluding hydrogens is 142 g/mol. The Morgan fingerprint density at radius 2 is 2.27 bits per heavy atom. The molecule has 0 aromatic rings. The normalized spacial score (nSPS) is 25.6. The summed E-state index contributed by atoms with van der Waals surface area (Å²) >= 11 is 0. The fourth-order valence-electron chi connectivity index (χ4n) is 1.48. The summed E-state index contributed by atoms with van der Waals surface area (Å²) in [7, 11) is 1.80. The van der Waals surface area contributed by atoms with Crippen LogP contribution < -0.4 is 0 Å². The summed E-state index contributed by atoms with van der Waals surface area (Å²) in [6, 6.07) is 0.358. The van der Waals surface area contributed by atoms with Crippen LogP contribution in [-0.4, -0.2) is 30.7 Å². The Kier molecular flexibility index (Phi) is 2.37. The summed E-state index contributed by atoms with van der Waals surface area (Å²) in [5.41, 5.74) is 0. The molecule has 0 radical (unpaired) electrons. The van der Waals surface area contributed by atoms with E-state index in [0.717, 1.165) is 6.42 Å². The van der Waals surface area contributed by atoms with Crippen molar-refractivity contribution >= 4 is 6.09 Å². The molecule has 64 valence electrons. The van der Waals surface area contributed by atoms with Crippen molar-refractivity contribution in [1.82, 2.24) is 4.90 Å². The van der Waals surface area contributed by atoms with Crippen molar-refractivity contribution in [2.24, 2.45) is 5.92 Å². The zero-order valence-electron chi connectivity index (χ0n) is 7.33. The summed E-state index contributed by atoms with van der Waals surface area (Å²) in [6.45, 7) is 4.82. The van der Waals surface area contributed by atoms with Crippen molar-refractivity contribution in [3.8, 4) is 0 Å². The maximum atomic E-state index is 11.0. The summed E-state index contributed by atoms with van der Waals surface area (Å²) < 4.78 is 4.86. The summed E-state index contributed by atoms with van der Waals surface area (Å²) in [4.78, 5) is 12.7. The molecule has 0 aliphatic carbocycles. The predicted octanol–water partition coefficient (Wildman–Crippen LogP) is 1.48. The van der Waals surface area contributed by atoms with Gasteiger partial charge in [-0.15, -0.1) is 0 Å². The Morgan fingerprint density at radius 1 is 1.64 bits per heavy atom. The Morgan fingerprint density at radius 3 is 2.73 bits per heavy atom. The molecule has 0 spiro atoms. The number of rotatable bonds is 1. The highest BCUT2D eigenvalue weighted by molar-refractivity contribution is 5.68. The third kappa shape index (κ3) is 1.64. The highest BCUT2D eigenvalue weighted by atomic mass is 16.6. The Labute approximate surface area is 67.3 Å². The van der Waals surface area contributed by atoms with Crippen LogP contribution in [0.4, 0.5) is 4.79 Å².